The highest BCUT2D eigenvalue weighted by Gasteiger charge is 2.31. The van der Waals surface area contributed by atoms with Gasteiger partial charge in [-0.15, -0.1) is 0 Å². The quantitative estimate of drug-likeness (QED) is 0.269. The van der Waals surface area contributed by atoms with Crippen LogP contribution in [-0.4, -0.2) is 13.5 Å². The molecule has 0 unspecified atom stereocenters. The van der Waals surface area contributed by atoms with E-state index in [0.29, 0.717) is 19.0 Å². The van der Waals surface area contributed by atoms with Gasteiger partial charge in [0.1, 0.15) is 11.5 Å². The van der Waals surface area contributed by atoms with Gasteiger partial charge in [-0.1, -0.05) is 44.2 Å². The Balaban J connectivity index is 1.24. The lowest BCUT2D eigenvalue weighted by molar-refractivity contribution is -0.137. The van der Waals surface area contributed by atoms with Gasteiger partial charge in [0.2, 0.25) is 0 Å². The zero-order valence-corrected chi connectivity index (χ0v) is 21.8. The molecule has 0 saturated carbocycles. The minimum absolute atomic E-state index is 0.282. The van der Waals surface area contributed by atoms with Crippen molar-refractivity contribution in [1.29, 1.82) is 0 Å². The van der Waals surface area contributed by atoms with Gasteiger partial charge in [-0.05, 0) is 71.8 Å². The summed E-state index contributed by atoms with van der Waals surface area (Å²) in [4.78, 5) is 4.15. The molecule has 0 N–H and O–H groups in total. The van der Waals surface area contributed by atoms with Crippen LogP contribution in [0, 0.1) is 0 Å². The molecule has 4 aromatic rings. The van der Waals surface area contributed by atoms with E-state index in [0.717, 1.165) is 52.6 Å². The van der Waals surface area contributed by atoms with Crippen LogP contribution in [0.1, 0.15) is 41.7 Å². The molecule has 7 heteroatoms. The number of ether oxygens (including phenoxy) is 2. The minimum Gasteiger partial charge on any atom is -0.473 e. The second-order valence-corrected chi connectivity index (χ2v) is 10.6. The molecule has 2 aliphatic heterocycles. The molecule has 4 nitrogen and oxygen atoms in total. The Labute approximate surface area is 226 Å². The number of anilines is 2. The van der Waals surface area contributed by atoms with Gasteiger partial charge in [0.25, 0.3) is 0 Å². The minimum atomic E-state index is -4.35. The molecule has 39 heavy (non-hydrogen) atoms. The molecule has 200 valence electrons. The first-order valence-electron chi connectivity index (χ1n) is 12.9. The van der Waals surface area contributed by atoms with Crippen LogP contribution >= 0.6 is 0 Å². The number of benzene rings is 4. The van der Waals surface area contributed by atoms with Crippen molar-refractivity contribution in [3.8, 4) is 11.5 Å². The molecule has 0 radical (unpaired) electrons. The summed E-state index contributed by atoms with van der Waals surface area (Å²) >= 11 is 0. The number of fused-ring (bicyclic) bond motifs is 2. The van der Waals surface area contributed by atoms with Gasteiger partial charge in [-0.3, -0.25) is 0 Å². The van der Waals surface area contributed by atoms with Crippen molar-refractivity contribution in [3.05, 3.63) is 119 Å². The van der Waals surface area contributed by atoms with Crippen molar-refractivity contribution in [2.45, 2.75) is 38.5 Å². The van der Waals surface area contributed by atoms with E-state index in [4.69, 9.17) is 9.47 Å². The Hall–Kier alpha value is -4.13. The first kappa shape index (κ1) is 25.2. The first-order chi connectivity index (χ1) is 18.7. The van der Waals surface area contributed by atoms with E-state index < -0.39 is 11.7 Å². The Morgan fingerprint density at radius 2 is 1.05 bits per heavy atom. The van der Waals surface area contributed by atoms with Crippen molar-refractivity contribution in [2.75, 3.05) is 23.3 Å². The van der Waals surface area contributed by atoms with E-state index in [-0.39, 0.29) is 12.1 Å². The van der Waals surface area contributed by atoms with E-state index >= 15 is 0 Å². The number of rotatable bonds is 4. The molecule has 0 spiro atoms. The van der Waals surface area contributed by atoms with Crippen molar-refractivity contribution < 1.29 is 22.6 Å². The summed E-state index contributed by atoms with van der Waals surface area (Å²) in [6.45, 7) is 6.51. The fourth-order valence-corrected chi connectivity index (χ4v) is 5.26. The maximum atomic E-state index is 13.0. The summed E-state index contributed by atoms with van der Waals surface area (Å²) < 4.78 is 51.0. The summed E-state index contributed by atoms with van der Waals surface area (Å²) in [7, 11) is 0. The lowest BCUT2D eigenvalue weighted by atomic mass is 9.77. The van der Waals surface area contributed by atoms with Crippen LogP contribution in [0.5, 0.6) is 11.5 Å². The van der Waals surface area contributed by atoms with Gasteiger partial charge < -0.3 is 19.3 Å². The third-order valence-corrected chi connectivity index (χ3v) is 7.72. The number of hydrogen-bond donors (Lipinski definition) is 0. The maximum absolute atomic E-state index is 13.0. The van der Waals surface area contributed by atoms with E-state index in [2.05, 4.69) is 61.2 Å². The van der Waals surface area contributed by atoms with E-state index in [1.165, 1.54) is 17.7 Å². The van der Waals surface area contributed by atoms with Gasteiger partial charge >= 0.3 is 6.18 Å². The monoisotopic (exact) mass is 530 g/mol. The molecule has 0 atom stereocenters. The Bertz CT molecular complexity index is 1480. The van der Waals surface area contributed by atoms with Crippen molar-refractivity contribution in [2.24, 2.45) is 0 Å². The first-order valence-corrected chi connectivity index (χ1v) is 12.9. The summed E-state index contributed by atoms with van der Waals surface area (Å²) in [6, 6.07) is 28.1. The number of hydrogen-bond acceptors (Lipinski definition) is 4. The second kappa shape index (κ2) is 9.56. The molecule has 0 saturated heterocycles. The molecule has 0 aromatic heterocycles. The SMILES string of the molecule is CC(C)(c1ccc2c(c1)CN(c1ccccc1)CO2)c1ccc2c(c1)CN(c1ccc(C(F)(F)F)cc1)CO2. The fraction of sp³-hybridized carbons (Fsp3) is 0.250. The smallest absolute Gasteiger partial charge is 0.416 e. The predicted molar refractivity (Wildman–Crippen MR) is 146 cm³/mol. The highest BCUT2D eigenvalue weighted by Crippen LogP contribution is 2.39. The topological polar surface area (TPSA) is 24.9 Å². The van der Waals surface area contributed by atoms with Gasteiger partial charge in [-0.2, -0.15) is 13.2 Å². The molecule has 6 rings (SSSR count). The van der Waals surface area contributed by atoms with Gasteiger partial charge in [0.05, 0.1) is 5.56 Å². The van der Waals surface area contributed by atoms with Crippen LogP contribution in [0.4, 0.5) is 24.5 Å². The van der Waals surface area contributed by atoms with Crippen LogP contribution < -0.4 is 19.3 Å². The lowest BCUT2D eigenvalue weighted by Gasteiger charge is -2.34. The van der Waals surface area contributed by atoms with E-state index in [9.17, 15) is 13.2 Å². The Kier molecular flexibility index (Phi) is 6.17. The van der Waals surface area contributed by atoms with Crippen molar-refractivity contribution in [3.63, 3.8) is 0 Å². The second-order valence-electron chi connectivity index (χ2n) is 10.6. The average molecular weight is 531 g/mol. The summed E-state index contributed by atoms with van der Waals surface area (Å²) in [5.74, 6) is 1.71. The average Bonchev–Trinajstić information content (AvgIpc) is 2.96. The zero-order chi connectivity index (χ0) is 27.2. The van der Waals surface area contributed by atoms with Crippen molar-refractivity contribution >= 4 is 11.4 Å². The largest absolute Gasteiger partial charge is 0.473 e. The molecule has 2 aliphatic rings. The zero-order valence-electron chi connectivity index (χ0n) is 21.8. The molecule has 4 aromatic carbocycles. The van der Waals surface area contributed by atoms with Crippen LogP contribution in [0.2, 0.25) is 0 Å². The van der Waals surface area contributed by atoms with Gasteiger partial charge in [-0.25, -0.2) is 0 Å². The highest BCUT2D eigenvalue weighted by atomic mass is 19.4. The molecule has 0 bridgehead atoms. The third kappa shape index (κ3) is 4.89. The Morgan fingerprint density at radius 1 is 0.590 bits per heavy atom. The van der Waals surface area contributed by atoms with Crippen LogP contribution in [0.15, 0.2) is 91.0 Å². The standard InChI is InChI=1S/C32H29F3N2O2/c1-31(2,25-10-14-29-22(16-25)18-36(20-38-29)27-6-4-3-5-7-27)26-11-15-30-23(17-26)19-37(21-39-30)28-12-8-24(9-13-28)32(33,34)35/h3-17H,18-21H2,1-2H3. The molecule has 0 aliphatic carbocycles. The third-order valence-electron chi connectivity index (χ3n) is 7.72. The maximum Gasteiger partial charge on any atom is 0.416 e. The van der Waals surface area contributed by atoms with E-state index in [1.54, 1.807) is 0 Å². The fourth-order valence-electron chi connectivity index (χ4n) is 5.26. The summed E-state index contributed by atoms with van der Waals surface area (Å²) in [5.41, 5.74) is 5.32. The normalized spacial score (nSPS) is 15.2. The lowest BCUT2D eigenvalue weighted by Crippen LogP contribution is -2.33. The summed E-state index contributed by atoms with van der Waals surface area (Å²) in [6.07, 6.45) is -4.35. The molecule has 2 heterocycles. The number of halogens is 3. The van der Waals surface area contributed by atoms with Crippen LogP contribution in [-0.2, 0) is 24.7 Å². The molecular weight excluding hydrogens is 501 g/mol. The van der Waals surface area contributed by atoms with Crippen LogP contribution in [0.25, 0.3) is 0 Å². The molecular formula is C32H29F3N2O2. The highest BCUT2D eigenvalue weighted by molar-refractivity contribution is 5.55. The van der Waals surface area contributed by atoms with E-state index in [1.807, 2.05) is 29.2 Å². The summed E-state index contributed by atoms with van der Waals surface area (Å²) in [5, 5.41) is 0. The number of alkyl halides is 3. The Morgan fingerprint density at radius 3 is 1.54 bits per heavy atom. The predicted octanol–water partition coefficient (Wildman–Crippen LogP) is 7.74. The molecule has 0 fully saturated rings. The van der Waals surface area contributed by atoms with Gasteiger partial charge in [0, 0.05) is 41.0 Å². The number of nitrogens with zero attached hydrogens (tertiary/aromatic N) is 2. The molecule has 0 amide bonds. The van der Waals surface area contributed by atoms with Gasteiger partial charge in [0.15, 0.2) is 13.5 Å². The number of para-hydroxylation sites is 1. The van der Waals surface area contributed by atoms with Crippen LogP contribution in [0.3, 0.4) is 0 Å². The van der Waals surface area contributed by atoms with Crippen molar-refractivity contribution in [1.82, 2.24) is 0 Å².